The number of hydrogen-bond acceptors (Lipinski definition) is 2. The first kappa shape index (κ1) is 13.4. The minimum atomic E-state index is 0.628. The maximum absolute atomic E-state index is 5.72. The molecule has 1 aromatic rings. The van der Waals surface area contributed by atoms with Gasteiger partial charge in [0.25, 0.3) is 0 Å². The Morgan fingerprint density at radius 3 is 2.72 bits per heavy atom. The van der Waals surface area contributed by atoms with Crippen molar-refractivity contribution in [3.05, 3.63) is 29.8 Å². The molecule has 0 bridgehead atoms. The topological polar surface area (TPSA) is 29.3 Å². The number of likely N-dealkylation sites (tertiary alicyclic amines) is 1. The van der Waals surface area contributed by atoms with Gasteiger partial charge in [-0.1, -0.05) is 26.0 Å². The van der Waals surface area contributed by atoms with Gasteiger partial charge in [-0.15, -0.1) is 0 Å². The molecule has 1 saturated heterocycles. The highest BCUT2D eigenvalue weighted by Crippen LogP contribution is 2.22. The molecule has 0 aromatic heterocycles. The van der Waals surface area contributed by atoms with E-state index in [1.807, 2.05) is 12.1 Å². The summed E-state index contributed by atoms with van der Waals surface area (Å²) in [7, 11) is 0. The Balaban J connectivity index is 1.80. The highest BCUT2D eigenvalue weighted by molar-refractivity contribution is 5.40. The largest absolute Gasteiger partial charge is 0.399 e. The lowest BCUT2D eigenvalue weighted by atomic mass is 9.95. The van der Waals surface area contributed by atoms with Crippen molar-refractivity contribution in [2.24, 2.45) is 5.92 Å². The summed E-state index contributed by atoms with van der Waals surface area (Å²) in [4.78, 5) is 2.63. The predicted molar refractivity (Wildman–Crippen MR) is 78.7 cm³/mol. The van der Waals surface area contributed by atoms with Gasteiger partial charge in [0, 0.05) is 12.2 Å². The third-order valence-electron chi connectivity index (χ3n) is 4.12. The van der Waals surface area contributed by atoms with Gasteiger partial charge in [-0.2, -0.15) is 0 Å². The van der Waals surface area contributed by atoms with Gasteiger partial charge in [-0.25, -0.2) is 0 Å². The molecule has 0 spiro atoms. The molecular formula is C16H26N2. The zero-order valence-corrected chi connectivity index (χ0v) is 11.7. The molecule has 2 unspecified atom stereocenters. The number of rotatable bonds is 4. The summed E-state index contributed by atoms with van der Waals surface area (Å²) in [5.41, 5.74) is 7.99. The molecule has 2 atom stereocenters. The molecule has 1 aliphatic rings. The van der Waals surface area contributed by atoms with Crippen LogP contribution >= 0.6 is 0 Å². The summed E-state index contributed by atoms with van der Waals surface area (Å²) in [6.07, 6.45) is 4.03. The van der Waals surface area contributed by atoms with E-state index < -0.39 is 0 Å². The van der Waals surface area contributed by atoms with Crippen LogP contribution in [0.2, 0.25) is 0 Å². The van der Waals surface area contributed by atoms with E-state index in [-0.39, 0.29) is 0 Å². The number of anilines is 1. The second kappa shape index (κ2) is 6.24. The average molecular weight is 246 g/mol. The van der Waals surface area contributed by atoms with Gasteiger partial charge in [0.15, 0.2) is 0 Å². The fourth-order valence-corrected chi connectivity index (χ4v) is 2.86. The summed E-state index contributed by atoms with van der Waals surface area (Å²) in [6, 6.07) is 8.35. The summed E-state index contributed by atoms with van der Waals surface area (Å²) < 4.78 is 0. The molecule has 0 radical (unpaired) electrons. The van der Waals surface area contributed by atoms with E-state index in [0.717, 1.165) is 11.6 Å². The number of hydrogen-bond donors (Lipinski definition) is 1. The van der Waals surface area contributed by atoms with Crippen LogP contribution in [0.25, 0.3) is 0 Å². The first-order valence-corrected chi connectivity index (χ1v) is 7.23. The van der Waals surface area contributed by atoms with Crippen LogP contribution in [0.4, 0.5) is 5.69 Å². The first-order valence-electron chi connectivity index (χ1n) is 7.23. The van der Waals surface area contributed by atoms with Crippen molar-refractivity contribution in [3.63, 3.8) is 0 Å². The summed E-state index contributed by atoms with van der Waals surface area (Å²) in [5, 5.41) is 0. The Bertz CT molecular complexity index is 358. The van der Waals surface area contributed by atoms with Crippen LogP contribution in [-0.4, -0.2) is 24.5 Å². The monoisotopic (exact) mass is 246 g/mol. The smallest absolute Gasteiger partial charge is 0.0314 e. The third kappa shape index (κ3) is 3.74. The van der Waals surface area contributed by atoms with E-state index in [4.69, 9.17) is 5.73 Å². The van der Waals surface area contributed by atoms with Crippen molar-refractivity contribution in [1.29, 1.82) is 0 Å². The van der Waals surface area contributed by atoms with Crippen molar-refractivity contribution in [2.45, 2.75) is 39.0 Å². The zero-order valence-electron chi connectivity index (χ0n) is 11.7. The van der Waals surface area contributed by atoms with Crippen molar-refractivity contribution in [3.8, 4) is 0 Å². The second-order valence-corrected chi connectivity index (χ2v) is 5.90. The van der Waals surface area contributed by atoms with Crippen LogP contribution in [0.5, 0.6) is 0 Å². The standard InChI is InChI=1S/C16H26N2/c1-13-4-3-10-18(12-13)11-9-14(2)15-5-7-16(17)8-6-15/h5-8,13-14H,3-4,9-12,17H2,1-2H3. The molecule has 0 saturated carbocycles. The molecule has 18 heavy (non-hydrogen) atoms. The Kier molecular flexibility index (Phi) is 4.65. The number of nitrogens with two attached hydrogens (primary N) is 1. The van der Waals surface area contributed by atoms with Crippen molar-refractivity contribution in [1.82, 2.24) is 4.90 Å². The fraction of sp³-hybridized carbons (Fsp3) is 0.625. The van der Waals surface area contributed by atoms with Gasteiger partial charge >= 0.3 is 0 Å². The van der Waals surface area contributed by atoms with E-state index in [1.165, 1.54) is 44.5 Å². The van der Waals surface area contributed by atoms with Gasteiger partial charge < -0.3 is 10.6 Å². The lowest BCUT2D eigenvalue weighted by Gasteiger charge is -2.31. The van der Waals surface area contributed by atoms with Crippen molar-refractivity contribution < 1.29 is 0 Å². The van der Waals surface area contributed by atoms with E-state index in [0.29, 0.717) is 5.92 Å². The molecule has 1 aliphatic heterocycles. The van der Waals surface area contributed by atoms with Crippen molar-refractivity contribution in [2.75, 3.05) is 25.4 Å². The molecule has 1 fully saturated rings. The van der Waals surface area contributed by atoms with Crippen LogP contribution in [0, 0.1) is 5.92 Å². The molecule has 0 amide bonds. The van der Waals surface area contributed by atoms with E-state index in [9.17, 15) is 0 Å². The van der Waals surface area contributed by atoms with Gasteiger partial charge in [0.05, 0.1) is 0 Å². The maximum Gasteiger partial charge on any atom is 0.0314 e. The number of benzene rings is 1. The Morgan fingerprint density at radius 1 is 1.33 bits per heavy atom. The number of nitrogen functional groups attached to an aromatic ring is 1. The van der Waals surface area contributed by atoms with Crippen molar-refractivity contribution >= 4 is 5.69 Å². The first-order chi connectivity index (χ1) is 8.65. The fourth-order valence-electron chi connectivity index (χ4n) is 2.86. The van der Waals surface area contributed by atoms with Gasteiger partial charge in [0.1, 0.15) is 0 Å². The van der Waals surface area contributed by atoms with Crippen LogP contribution in [0.3, 0.4) is 0 Å². The molecule has 100 valence electrons. The molecule has 0 aliphatic carbocycles. The van der Waals surface area contributed by atoms with Crippen LogP contribution in [0.15, 0.2) is 24.3 Å². The number of piperidine rings is 1. The molecular weight excluding hydrogens is 220 g/mol. The van der Waals surface area contributed by atoms with E-state index in [2.05, 4.69) is 30.9 Å². The Morgan fingerprint density at radius 2 is 2.06 bits per heavy atom. The normalized spacial score (nSPS) is 22.9. The summed E-state index contributed by atoms with van der Waals surface area (Å²) >= 11 is 0. The van der Waals surface area contributed by atoms with Gasteiger partial charge in [0.2, 0.25) is 0 Å². The molecule has 2 rings (SSSR count). The average Bonchev–Trinajstić information content (AvgIpc) is 2.37. The molecule has 2 nitrogen and oxygen atoms in total. The predicted octanol–water partition coefficient (Wildman–Crippen LogP) is 3.49. The highest BCUT2D eigenvalue weighted by Gasteiger charge is 2.16. The summed E-state index contributed by atoms with van der Waals surface area (Å²) in [5.74, 6) is 1.51. The second-order valence-electron chi connectivity index (χ2n) is 5.90. The molecule has 2 N–H and O–H groups in total. The minimum Gasteiger partial charge on any atom is -0.399 e. The SMILES string of the molecule is CC1CCCN(CCC(C)c2ccc(N)cc2)C1. The molecule has 1 aromatic carbocycles. The van der Waals surface area contributed by atoms with Crippen LogP contribution in [0.1, 0.15) is 44.6 Å². The number of nitrogens with zero attached hydrogens (tertiary/aromatic N) is 1. The third-order valence-corrected chi connectivity index (χ3v) is 4.12. The molecule has 1 heterocycles. The van der Waals surface area contributed by atoms with Gasteiger partial charge in [-0.05, 0) is 61.9 Å². The van der Waals surface area contributed by atoms with E-state index >= 15 is 0 Å². The zero-order chi connectivity index (χ0) is 13.0. The molecule has 2 heteroatoms. The van der Waals surface area contributed by atoms with E-state index in [1.54, 1.807) is 0 Å². The highest BCUT2D eigenvalue weighted by atomic mass is 15.1. The lowest BCUT2D eigenvalue weighted by molar-refractivity contribution is 0.179. The quantitative estimate of drug-likeness (QED) is 0.824. The summed E-state index contributed by atoms with van der Waals surface area (Å²) in [6.45, 7) is 8.50. The maximum atomic E-state index is 5.72. The van der Waals surface area contributed by atoms with Crippen LogP contribution < -0.4 is 5.73 Å². The Hall–Kier alpha value is -1.02. The van der Waals surface area contributed by atoms with Crippen LogP contribution in [-0.2, 0) is 0 Å². The Labute approximate surface area is 111 Å². The lowest BCUT2D eigenvalue weighted by Crippen LogP contribution is -2.35. The minimum absolute atomic E-state index is 0.628. The van der Waals surface area contributed by atoms with Gasteiger partial charge in [-0.3, -0.25) is 0 Å².